The molecule has 0 spiro atoms. The van der Waals surface area contributed by atoms with Crippen molar-refractivity contribution in [1.82, 2.24) is 0 Å². The van der Waals surface area contributed by atoms with Crippen molar-refractivity contribution in [3.05, 3.63) is 22.7 Å². The van der Waals surface area contributed by atoms with Crippen molar-refractivity contribution in [3.63, 3.8) is 0 Å². The molecule has 2 nitrogen and oxygen atoms in total. The highest BCUT2D eigenvalue weighted by molar-refractivity contribution is 9.09. The molecule has 0 radical (unpaired) electrons. The standard InChI is InChI=1S/C14H20BrClO2/c1-5-17-12-7-10(14(15)9(3)4)11(16)8-13(12)18-6-2/h7-9,14H,5-6H2,1-4H3. The molecule has 1 aromatic carbocycles. The summed E-state index contributed by atoms with van der Waals surface area (Å²) in [5, 5.41) is 0.706. The lowest BCUT2D eigenvalue weighted by Gasteiger charge is -2.19. The van der Waals surface area contributed by atoms with E-state index in [1.807, 2.05) is 26.0 Å². The van der Waals surface area contributed by atoms with E-state index < -0.39 is 0 Å². The number of halogens is 2. The number of alkyl halides is 1. The van der Waals surface area contributed by atoms with Crippen LogP contribution in [-0.2, 0) is 0 Å². The predicted octanol–water partition coefficient (Wildman–Crippen LogP) is 5.23. The highest BCUT2D eigenvalue weighted by Crippen LogP contribution is 2.41. The van der Waals surface area contributed by atoms with Gasteiger partial charge >= 0.3 is 0 Å². The maximum Gasteiger partial charge on any atom is 0.162 e. The summed E-state index contributed by atoms with van der Waals surface area (Å²) in [6.07, 6.45) is 0. The van der Waals surface area contributed by atoms with Crippen molar-refractivity contribution in [3.8, 4) is 11.5 Å². The largest absolute Gasteiger partial charge is 0.490 e. The van der Waals surface area contributed by atoms with Crippen molar-refractivity contribution in [2.24, 2.45) is 5.92 Å². The van der Waals surface area contributed by atoms with E-state index in [1.165, 1.54) is 0 Å². The van der Waals surface area contributed by atoms with Gasteiger partial charge in [0, 0.05) is 15.9 Å². The number of hydrogen-bond acceptors (Lipinski definition) is 2. The summed E-state index contributed by atoms with van der Waals surface area (Å²) in [5.74, 6) is 1.91. The number of benzene rings is 1. The molecule has 1 rings (SSSR count). The molecule has 1 aromatic rings. The Labute approximate surface area is 123 Å². The SMILES string of the molecule is CCOc1cc(Cl)c(C(Br)C(C)C)cc1OCC. The van der Waals surface area contributed by atoms with Crippen LogP contribution in [0.25, 0.3) is 0 Å². The zero-order valence-corrected chi connectivity index (χ0v) is 13.6. The molecule has 0 aliphatic carbocycles. The molecule has 0 N–H and O–H groups in total. The van der Waals surface area contributed by atoms with Gasteiger partial charge in [-0.15, -0.1) is 0 Å². The van der Waals surface area contributed by atoms with Gasteiger partial charge in [0.25, 0.3) is 0 Å². The molecule has 18 heavy (non-hydrogen) atoms. The second kappa shape index (κ2) is 7.25. The van der Waals surface area contributed by atoms with E-state index in [0.29, 0.717) is 29.9 Å². The first-order valence-electron chi connectivity index (χ1n) is 6.24. The number of rotatable bonds is 6. The molecule has 0 saturated heterocycles. The lowest BCUT2D eigenvalue weighted by atomic mass is 10.0. The van der Waals surface area contributed by atoms with Crippen LogP contribution in [0.5, 0.6) is 11.5 Å². The van der Waals surface area contributed by atoms with Crippen molar-refractivity contribution in [1.29, 1.82) is 0 Å². The fraction of sp³-hybridized carbons (Fsp3) is 0.571. The molecule has 0 heterocycles. The van der Waals surface area contributed by atoms with Crippen molar-refractivity contribution in [2.75, 3.05) is 13.2 Å². The molecule has 1 atom stereocenters. The monoisotopic (exact) mass is 334 g/mol. The third-order valence-corrected chi connectivity index (χ3v) is 4.42. The molecule has 0 bridgehead atoms. The third-order valence-electron chi connectivity index (χ3n) is 2.55. The first-order valence-corrected chi connectivity index (χ1v) is 7.53. The first-order chi connectivity index (χ1) is 8.51. The highest BCUT2D eigenvalue weighted by atomic mass is 79.9. The van der Waals surface area contributed by atoms with E-state index in [4.69, 9.17) is 21.1 Å². The smallest absolute Gasteiger partial charge is 0.162 e. The fourth-order valence-electron chi connectivity index (χ4n) is 1.66. The molecular weight excluding hydrogens is 316 g/mol. The summed E-state index contributed by atoms with van der Waals surface area (Å²) in [4.78, 5) is 0.208. The van der Waals surface area contributed by atoms with E-state index in [-0.39, 0.29) is 4.83 Å². The Morgan fingerprint density at radius 1 is 1.11 bits per heavy atom. The van der Waals surface area contributed by atoms with Gasteiger partial charge in [-0.2, -0.15) is 0 Å². The van der Waals surface area contributed by atoms with E-state index >= 15 is 0 Å². The van der Waals surface area contributed by atoms with Crippen LogP contribution in [0.3, 0.4) is 0 Å². The number of ether oxygens (including phenoxy) is 2. The third kappa shape index (κ3) is 3.79. The average Bonchev–Trinajstić information content (AvgIpc) is 2.32. The Hall–Kier alpha value is -0.410. The normalized spacial score (nSPS) is 12.6. The van der Waals surface area contributed by atoms with Gasteiger partial charge < -0.3 is 9.47 Å². The van der Waals surface area contributed by atoms with Gasteiger partial charge in [0.05, 0.1) is 13.2 Å². The zero-order valence-electron chi connectivity index (χ0n) is 11.3. The minimum absolute atomic E-state index is 0.208. The molecule has 0 fully saturated rings. The van der Waals surface area contributed by atoms with Gasteiger partial charge in [0.1, 0.15) is 0 Å². The fourth-order valence-corrected chi connectivity index (χ4v) is 2.44. The van der Waals surface area contributed by atoms with E-state index in [2.05, 4.69) is 29.8 Å². The van der Waals surface area contributed by atoms with Crippen molar-refractivity contribution < 1.29 is 9.47 Å². The van der Waals surface area contributed by atoms with Crippen LogP contribution in [0.15, 0.2) is 12.1 Å². The predicted molar refractivity (Wildman–Crippen MR) is 80.3 cm³/mol. The van der Waals surface area contributed by atoms with E-state index in [9.17, 15) is 0 Å². The minimum Gasteiger partial charge on any atom is -0.490 e. The minimum atomic E-state index is 0.208. The van der Waals surface area contributed by atoms with E-state index in [1.54, 1.807) is 0 Å². The molecule has 0 amide bonds. The number of hydrogen-bond donors (Lipinski definition) is 0. The summed E-state index contributed by atoms with van der Waals surface area (Å²) in [6.45, 7) is 9.39. The molecule has 0 aromatic heterocycles. The highest BCUT2D eigenvalue weighted by Gasteiger charge is 2.19. The Morgan fingerprint density at radius 3 is 2.06 bits per heavy atom. The van der Waals surface area contributed by atoms with Crippen molar-refractivity contribution in [2.45, 2.75) is 32.5 Å². The topological polar surface area (TPSA) is 18.5 Å². The maximum atomic E-state index is 6.31. The molecular formula is C14H20BrClO2. The van der Waals surface area contributed by atoms with E-state index in [0.717, 1.165) is 11.3 Å². The molecule has 0 aliphatic rings. The lowest BCUT2D eigenvalue weighted by molar-refractivity contribution is 0.287. The van der Waals surface area contributed by atoms with Crippen LogP contribution in [0.1, 0.15) is 38.1 Å². The Morgan fingerprint density at radius 2 is 1.61 bits per heavy atom. The van der Waals surface area contributed by atoms with Gasteiger partial charge in [0.2, 0.25) is 0 Å². The van der Waals surface area contributed by atoms with Crippen LogP contribution < -0.4 is 9.47 Å². The van der Waals surface area contributed by atoms with Crippen LogP contribution >= 0.6 is 27.5 Å². The summed E-state index contributed by atoms with van der Waals surface area (Å²) >= 11 is 9.98. The molecule has 1 unspecified atom stereocenters. The molecule has 4 heteroatoms. The van der Waals surface area contributed by atoms with Crippen LogP contribution in [0, 0.1) is 5.92 Å². The van der Waals surface area contributed by atoms with Gasteiger partial charge in [-0.25, -0.2) is 0 Å². The molecule has 102 valence electrons. The first kappa shape index (κ1) is 15.6. The van der Waals surface area contributed by atoms with Crippen molar-refractivity contribution >= 4 is 27.5 Å². The summed E-state index contributed by atoms with van der Waals surface area (Å²) in [7, 11) is 0. The quantitative estimate of drug-likeness (QED) is 0.663. The Kier molecular flexibility index (Phi) is 6.30. The Balaban J connectivity index is 3.17. The lowest BCUT2D eigenvalue weighted by Crippen LogP contribution is -2.03. The summed E-state index contributed by atoms with van der Waals surface area (Å²) in [5.41, 5.74) is 1.04. The van der Waals surface area contributed by atoms with Gasteiger partial charge in [-0.1, -0.05) is 41.4 Å². The second-order valence-corrected chi connectivity index (χ2v) is 5.73. The molecule has 0 aliphatic heterocycles. The van der Waals surface area contributed by atoms with Crippen LogP contribution in [-0.4, -0.2) is 13.2 Å². The zero-order chi connectivity index (χ0) is 13.7. The second-order valence-electron chi connectivity index (χ2n) is 4.33. The van der Waals surface area contributed by atoms with Crippen LogP contribution in [0.4, 0.5) is 0 Å². The summed E-state index contributed by atoms with van der Waals surface area (Å²) < 4.78 is 11.2. The average molecular weight is 336 g/mol. The van der Waals surface area contributed by atoms with Crippen LogP contribution in [0.2, 0.25) is 5.02 Å². The Bertz CT molecular complexity index is 394. The summed E-state index contributed by atoms with van der Waals surface area (Å²) in [6, 6.07) is 3.80. The maximum absolute atomic E-state index is 6.31. The van der Waals surface area contributed by atoms with Gasteiger partial charge in [-0.3, -0.25) is 0 Å². The molecule has 0 saturated carbocycles. The van der Waals surface area contributed by atoms with Gasteiger partial charge in [-0.05, 0) is 31.4 Å². The van der Waals surface area contributed by atoms with Gasteiger partial charge in [0.15, 0.2) is 11.5 Å².